The number of anilines is 3. The van der Waals surface area contributed by atoms with E-state index in [1.54, 1.807) is 0 Å². The van der Waals surface area contributed by atoms with Gasteiger partial charge in [0.05, 0.1) is 16.5 Å². The molecule has 0 fully saturated rings. The van der Waals surface area contributed by atoms with Gasteiger partial charge in [-0.1, -0.05) is 250 Å². The van der Waals surface area contributed by atoms with Gasteiger partial charge < -0.3 is 4.90 Å². The Hall–Kier alpha value is -8.78. The number of fused-ring (bicyclic) bond motifs is 9. The third-order valence-corrected chi connectivity index (χ3v) is 16.4. The van der Waals surface area contributed by atoms with Crippen LogP contribution in [0.3, 0.4) is 0 Å². The normalized spacial score (nSPS) is 14.6. The van der Waals surface area contributed by atoms with Crippen molar-refractivity contribution in [2.24, 2.45) is 0 Å². The van der Waals surface area contributed by atoms with Crippen LogP contribution in [0.2, 0.25) is 0 Å². The Morgan fingerprint density at radius 1 is 0.264 bits per heavy atom. The molecule has 0 N–H and O–H groups in total. The molecular weight excluding hydrogens is 867 g/mol. The zero-order valence-corrected chi connectivity index (χ0v) is 40.4. The van der Waals surface area contributed by atoms with Gasteiger partial charge in [0.2, 0.25) is 0 Å². The summed E-state index contributed by atoms with van der Waals surface area (Å²) in [5.41, 5.74) is 25.0. The average Bonchev–Trinajstić information content (AvgIpc) is 4.01. The highest BCUT2D eigenvalue weighted by atomic mass is 15.1. The van der Waals surface area contributed by atoms with E-state index in [0.717, 1.165) is 17.1 Å². The van der Waals surface area contributed by atoms with Crippen molar-refractivity contribution < 1.29 is 0 Å². The van der Waals surface area contributed by atoms with Gasteiger partial charge in [0, 0.05) is 22.4 Å². The van der Waals surface area contributed by atoms with Gasteiger partial charge in [-0.25, -0.2) is 0 Å². The quantitative estimate of drug-likeness (QED) is 0.147. The van der Waals surface area contributed by atoms with Crippen LogP contribution < -0.4 is 4.90 Å². The Bertz CT molecular complexity index is 3790. The summed E-state index contributed by atoms with van der Waals surface area (Å²) in [6, 6.07) is 102. The van der Waals surface area contributed by atoms with E-state index in [1.807, 2.05) is 0 Å². The number of hydrogen-bond donors (Lipinski definition) is 0. The molecule has 0 saturated carbocycles. The molecule has 0 saturated heterocycles. The second kappa shape index (κ2) is 16.1. The lowest BCUT2D eigenvalue weighted by molar-refractivity contribution is 0.660. The van der Waals surface area contributed by atoms with Crippen LogP contribution in [0.4, 0.5) is 17.1 Å². The Balaban J connectivity index is 1.05. The van der Waals surface area contributed by atoms with Gasteiger partial charge in [-0.15, -0.1) is 0 Å². The largest absolute Gasteiger partial charge is 0.310 e. The van der Waals surface area contributed by atoms with Gasteiger partial charge in [0.15, 0.2) is 0 Å². The van der Waals surface area contributed by atoms with Crippen LogP contribution in [0.1, 0.15) is 69.5 Å². The van der Waals surface area contributed by atoms with Crippen LogP contribution >= 0.6 is 0 Å². The van der Waals surface area contributed by atoms with Gasteiger partial charge in [0.1, 0.15) is 0 Å². The van der Waals surface area contributed by atoms with Gasteiger partial charge in [0.25, 0.3) is 0 Å². The minimum atomic E-state index is -0.560. The van der Waals surface area contributed by atoms with Crippen molar-refractivity contribution in [1.82, 2.24) is 0 Å². The van der Waals surface area contributed by atoms with Crippen LogP contribution in [0.25, 0.3) is 44.5 Å². The highest BCUT2D eigenvalue weighted by molar-refractivity contribution is 5.99. The standard InChI is InChI=1S/C71H51N/c1-69(2)64-45-49(48-23-8-3-9-24-48)39-42-57(64)58-43-40-54(46-65(58)69)72(55-41-44-59-56-33-18-20-35-61(56)71(66(59)47-55,52-29-14-6-15-30-52)53-31-16-7-17-32-53)67-38-22-37-63-68(67)60-34-19-21-36-62(60)70(63,50-25-10-4-11-26-50)51-27-12-5-13-28-51/h3-47H,1-2H3. The molecule has 14 rings (SSSR count). The lowest BCUT2D eigenvalue weighted by atomic mass is 9.67. The molecule has 0 spiro atoms. The first-order valence-corrected chi connectivity index (χ1v) is 25.3. The summed E-state index contributed by atoms with van der Waals surface area (Å²) >= 11 is 0. The summed E-state index contributed by atoms with van der Waals surface area (Å²) in [6.07, 6.45) is 0. The zero-order chi connectivity index (χ0) is 48.0. The summed E-state index contributed by atoms with van der Waals surface area (Å²) in [4.78, 5) is 2.58. The van der Waals surface area contributed by atoms with Crippen molar-refractivity contribution in [3.8, 4) is 44.5 Å². The fourth-order valence-electron chi connectivity index (χ4n) is 13.3. The minimum absolute atomic E-state index is 0.256. The maximum Gasteiger partial charge on any atom is 0.0714 e. The summed E-state index contributed by atoms with van der Waals surface area (Å²) in [6.45, 7) is 4.82. The van der Waals surface area contributed by atoms with Crippen molar-refractivity contribution in [1.29, 1.82) is 0 Å². The monoisotopic (exact) mass is 917 g/mol. The second-order valence-corrected chi connectivity index (χ2v) is 20.3. The molecule has 0 bridgehead atoms. The van der Waals surface area contributed by atoms with E-state index in [1.165, 1.54) is 100 Å². The molecule has 11 aromatic rings. The lowest BCUT2D eigenvalue weighted by Crippen LogP contribution is -2.29. The van der Waals surface area contributed by atoms with Crippen molar-refractivity contribution in [2.45, 2.75) is 30.1 Å². The number of benzene rings is 11. The van der Waals surface area contributed by atoms with Crippen molar-refractivity contribution >= 4 is 17.1 Å². The molecule has 0 unspecified atom stereocenters. The molecule has 72 heavy (non-hydrogen) atoms. The SMILES string of the molecule is CC1(C)c2cc(-c3ccccc3)ccc2-c2ccc(N(c3ccc4c(c3)C(c3ccccc3)(c3ccccc3)c3ccccc3-4)c3cccc4c3-c3ccccc3C4(c3ccccc3)c3ccccc3)cc21. The van der Waals surface area contributed by atoms with Gasteiger partial charge in [-0.05, 0) is 131 Å². The molecule has 0 heterocycles. The van der Waals surface area contributed by atoms with Gasteiger partial charge in [-0.2, -0.15) is 0 Å². The highest BCUT2D eigenvalue weighted by Crippen LogP contribution is 2.62. The molecule has 0 aliphatic heterocycles. The van der Waals surface area contributed by atoms with Crippen molar-refractivity contribution in [2.75, 3.05) is 4.90 Å². The van der Waals surface area contributed by atoms with E-state index < -0.39 is 10.8 Å². The maximum atomic E-state index is 2.58. The predicted molar refractivity (Wildman–Crippen MR) is 299 cm³/mol. The zero-order valence-electron chi connectivity index (χ0n) is 40.4. The molecular formula is C71H51N. The first kappa shape index (κ1) is 42.1. The molecule has 11 aromatic carbocycles. The van der Waals surface area contributed by atoms with E-state index in [9.17, 15) is 0 Å². The van der Waals surface area contributed by atoms with E-state index in [4.69, 9.17) is 0 Å². The first-order valence-electron chi connectivity index (χ1n) is 25.3. The van der Waals surface area contributed by atoms with Crippen LogP contribution in [0.5, 0.6) is 0 Å². The van der Waals surface area contributed by atoms with Gasteiger partial charge in [-0.3, -0.25) is 0 Å². The smallest absolute Gasteiger partial charge is 0.0714 e. The average molecular weight is 918 g/mol. The minimum Gasteiger partial charge on any atom is -0.310 e. The molecule has 0 atom stereocenters. The molecule has 1 heteroatoms. The third kappa shape index (κ3) is 5.89. The Labute approximate surface area is 423 Å². The topological polar surface area (TPSA) is 3.24 Å². The fourth-order valence-corrected chi connectivity index (χ4v) is 13.3. The summed E-state index contributed by atoms with van der Waals surface area (Å²) in [7, 11) is 0. The second-order valence-electron chi connectivity index (χ2n) is 20.3. The van der Waals surface area contributed by atoms with Crippen LogP contribution in [-0.4, -0.2) is 0 Å². The van der Waals surface area contributed by atoms with E-state index >= 15 is 0 Å². The fraction of sp³-hybridized carbons (Fsp3) is 0.0704. The number of rotatable bonds is 8. The molecule has 3 aliphatic rings. The van der Waals surface area contributed by atoms with E-state index in [0.29, 0.717) is 0 Å². The number of hydrogen-bond acceptors (Lipinski definition) is 1. The Morgan fingerprint density at radius 2 is 0.653 bits per heavy atom. The Morgan fingerprint density at radius 3 is 1.21 bits per heavy atom. The van der Waals surface area contributed by atoms with Crippen LogP contribution in [0, 0.1) is 0 Å². The lowest BCUT2D eigenvalue weighted by Gasteiger charge is -2.36. The van der Waals surface area contributed by atoms with Crippen LogP contribution in [0.15, 0.2) is 273 Å². The van der Waals surface area contributed by atoms with Crippen molar-refractivity contribution in [3.05, 3.63) is 329 Å². The summed E-state index contributed by atoms with van der Waals surface area (Å²) < 4.78 is 0. The molecule has 340 valence electrons. The first-order chi connectivity index (χ1) is 35.5. The van der Waals surface area contributed by atoms with E-state index in [2.05, 4.69) is 292 Å². The Kier molecular flexibility index (Phi) is 9.44. The predicted octanol–water partition coefficient (Wildman–Crippen LogP) is 17.9. The maximum absolute atomic E-state index is 2.58. The third-order valence-electron chi connectivity index (χ3n) is 16.4. The van der Waals surface area contributed by atoms with Crippen molar-refractivity contribution in [3.63, 3.8) is 0 Å². The summed E-state index contributed by atoms with van der Waals surface area (Å²) in [5, 5.41) is 0. The summed E-state index contributed by atoms with van der Waals surface area (Å²) in [5.74, 6) is 0. The molecule has 0 amide bonds. The van der Waals surface area contributed by atoms with Crippen LogP contribution in [-0.2, 0) is 16.2 Å². The molecule has 0 aromatic heterocycles. The molecule has 3 aliphatic carbocycles. The highest BCUT2D eigenvalue weighted by Gasteiger charge is 2.49. The molecule has 0 radical (unpaired) electrons. The molecule has 1 nitrogen and oxygen atoms in total. The van der Waals surface area contributed by atoms with Gasteiger partial charge >= 0.3 is 0 Å². The number of nitrogens with zero attached hydrogens (tertiary/aromatic N) is 1. The van der Waals surface area contributed by atoms with E-state index in [-0.39, 0.29) is 5.41 Å².